The number of nitrogens with zero attached hydrogens (tertiary/aromatic N) is 3. The number of allylic oxidation sites excluding steroid dienone is 3. The van der Waals surface area contributed by atoms with Crippen molar-refractivity contribution in [3.63, 3.8) is 0 Å². The molecule has 3 heterocycles. The molecule has 65 heavy (non-hydrogen) atoms. The van der Waals surface area contributed by atoms with Crippen LogP contribution in [-0.4, -0.2) is 14.1 Å². The largest absolute Gasteiger partial charge is 0.310 e. The van der Waals surface area contributed by atoms with Crippen LogP contribution in [0.5, 0.6) is 0 Å². The Bertz CT molecular complexity index is 3750. The smallest absolute Gasteiger partial charge is 0.0715 e. The fourth-order valence-corrected chi connectivity index (χ4v) is 9.60. The van der Waals surface area contributed by atoms with Gasteiger partial charge in [-0.15, -0.1) is 0 Å². The van der Waals surface area contributed by atoms with Crippen LogP contribution in [0.4, 0.5) is 0 Å². The summed E-state index contributed by atoms with van der Waals surface area (Å²) in [6.45, 7) is 6.23. The fraction of sp³-hybridized carbons (Fsp3) is 0.0484. The minimum atomic E-state index is 0.900. The molecule has 0 fully saturated rings. The molecule has 0 unspecified atom stereocenters. The highest BCUT2D eigenvalue weighted by Gasteiger charge is 2.15. The zero-order valence-electron chi connectivity index (χ0n) is 36.4. The number of benzene rings is 7. The average molecular weight is 834 g/mol. The van der Waals surface area contributed by atoms with E-state index < -0.39 is 0 Å². The van der Waals surface area contributed by atoms with Crippen LogP contribution in [0.15, 0.2) is 213 Å². The van der Waals surface area contributed by atoms with Gasteiger partial charge in [0.2, 0.25) is 0 Å². The van der Waals surface area contributed by atoms with Crippen molar-refractivity contribution in [2.75, 3.05) is 0 Å². The molecule has 0 saturated heterocycles. The van der Waals surface area contributed by atoms with Crippen molar-refractivity contribution in [2.45, 2.75) is 19.8 Å². The first kappa shape index (κ1) is 39.6. The molecular weight excluding hydrogens is 787 g/mol. The van der Waals surface area contributed by atoms with Gasteiger partial charge in [0.1, 0.15) is 0 Å². The Hall–Kier alpha value is -8.27. The van der Waals surface area contributed by atoms with E-state index in [0.717, 1.165) is 80.1 Å². The van der Waals surface area contributed by atoms with E-state index >= 15 is 0 Å². The summed E-state index contributed by atoms with van der Waals surface area (Å²) in [5.41, 5.74) is 15.5. The van der Waals surface area contributed by atoms with Gasteiger partial charge in [0.25, 0.3) is 0 Å². The zero-order valence-corrected chi connectivity index (χ0v) is 36.4. The summed E-state index contributed by atoms with van der Waals surface area (Å²) in [5.74, 6) is 0. The molecular formula is C62H47N3. The van der Waals surface area contributed by atoms with E-state index in [0.29, 0.717) is 0 Å². The van der Waals surface area contributed by atoms with Gasteiger partial charge in [-0.05, 0) is 107 Å². The molecule has 7 aromatic carbocycles. The summed E-state index contributed by atoms with van der Waals surface area (Å²) in [7, 11) is 0. The Balaban J connectivity index is 0.998. The van der Waals surface area contributed by atoms with Crippen LogP contribution in [0, 0.1) is 0 Å². The molecule has 0 bridgehead atoms. The van der Waals surface area contributed by atoms with E-state index in [1.165, 1.54) is 42.9 Å². The van der Waals surface area contributed by atoms with Gasteiger partial charge in [-0.25, -0.2) is 4.98 Å². The molecule has 0 amide bonds. The number of hydrogen-bond donors (Lipinski definition) is 0. The van der Waals surface area contributed by atoms with Crippen LogP contribution in [-0.2, 0) is 0 Å². The molecule has 0 atom stereocenters. The predicted octanol–water partition coefficient (Wildman–Crippen LogP) is 13.0. The molecule has 0 radical (unpaired) electrons. The molecule has 3 heteroatoms. The Morgan fingerprint density at radius 1 is 0.523 bits per heavy atom. The number of fused-ring (bicyclic) bond motifs is 4. The lowest BCUT2D eigenvalue weighted by Crippen LogP contribution is -2.28. The van der Waals surface area contributed by atoms with E-state index in [9.17, 15) is 0 Å². The zero-order chi connectivity index (χ0) is 43.7. The number of para-hydroxylation sites is 2. The van der Waals surface area contributed by atoms with Gasteiger partial charge in [0.15, 0.2) is 0 Å². The average Bonchev–Trinajstić information content (AvgIpc) is 3.72. The van der Waals surface area contributed by atoms with Gasteiger partial charge >= 0.3 is 0 Å². The van der Waals surface area contributed by atoms with Crippen LogP contribution in [0.2, 0.25) is 0 Å². The predicted molar refractivity (Wildman–Crippen MR) is 276 cm³/mol. The molecule has 10 aromatic rings. The molecule has 310 valence electrons. The third kappa shape index (κ3) is 7.37. The van der Waals surface area contributed by atoms with Gasteiger partial charge in [0, 0.05) is 43.7 Å². The molecule has 0 spiro atoms. The lowest BCUT2D eigenvalue weighted by atomic mass is 9.96. The highest BCUT2D eigenvalue weighted by Crippen LogP contribution is 2.34. The van der Waals surface area contributed by atoms with Gasteiger partial charge in [-0.2, -0.15) is 0 Å². The Morgan fingerprint density at radius 2 is 1.06 bits per heavy atom. The monoisotopic (exact) mass is 833 g/mol. The van der Waals surface area contributed by atoms with Crippen LogP contribution < -0.4 is 21.1 Å². The highest BCUT2D eigenvalue weighted by atomic mass is 15.0. The van der Waals surface area contributed by atoms with Gasteiger partial charge in [-0.1, -0.05) is 183 Å². The minimum absolute atomic E-state index is 0.900. The van der Waals surface area contributed by atoms with Crippen molar-refractivity contribution < 1.29 is 0 Å². The van der Waals surface area contributed by atoms with Crippen molar-refractivity contribution in [3.05, 3.63) is 234 Å². The topological polar surface area (TPSA) is 22.8 Å². The lowest BCUT2D eigenvalue weighted by Gasteiger charge is -2.13. The second-order valence-electron chi connectivity index (χ2n) is 16.6. The number of pyridine rings is 1. The van der Waals surface area contributed by atoms with Gasteiger partial charge < -0.3 is 9.13 Å². The first-order chi connectivity index (χ1) is 32.1. The standard InChI is InChI=1S/C62H47N3/c1-3-19-53-54-32-11-13-35-61(54)64(59(53)20-4-2)51-29-17-25-46(39-51)44-23-15-27-48(37-44)57-41-50(43-21-7-5-8-22-43)42-58(63-57)49-28-16-24-45(38-49)47-26-18-30-52(40-47)65-60-34-10-6-9-31-55(60)56-33-12-14-36-62(56)65/h3,5-9,11-42H,1,4,10H2,2H3/b53-19-,59-20+. The maximum atomic E-state index is 5.43. The number of rotatable bonds is 9. The molecule has 3 aromatic heterocycles. The second kappa shape index (κ2) is 17.1. The Labute approximate surface area is 379 Å². The molecule has 11 rings (SSSR count). The van der Waals surface area contributed by atoms with Gasteiger partial charge in [-0.3, -0.25) is 0 Å². The van der Waals surface area contributed by atoms with Crippen molar-refractivity contribution in [1.82, 2.24) is 14.1 Å². The van der Waals surface area contributed by atoms with Crippen LogP contribution >= 0.6 is 0 Å². The molecule has 0 N–H and O–H groups in total. The lowest BCUT2D eigenvalue weighted by molar-refractivity contribution is 1.06. The molecule has 1 aliphatic rings. The summed E-state index contributed by atoms with van der Waals surface area (Å²) in [6, 6.07) is 67.9. The fourth-order valence-electron chi connectivity index (χ4n) is 9.60. The van der Waals surface area contributed by atoms with Crippen LogP contribution in [0.3, 0.4) is 0 Å². The second-order valence-corrected chi connectivity index (χ2v) is 16.6. The van der Waals surface area contributed by atoms with E-state index in [4.69, 9.17) is 4.98 Å². The maximum Gasteiger partial charge on any atom is 0.0715 e. The van der Waals surface area contributed by atoms with Crippen molar-refractivity contribution in [3.8, 4) is 67.3 Å². The van der Waals surface area contributed by atoms with Crippen molar-refractivity contribution in [1.29, 1.82) is 0 Å². The van der Waals surface area contributed by atoms with Gasteiger partial charge in [0.05, 0.1) is 33.1 Å². The molecule has 3 nitrogen and oxygen atoms in total. The SMILES string of the molecule is C=C/C=c1\c(=C/CC)n(-c2cccc(-c3cccc(-c4cc(-c5ccccc5)cc(-c5cccc(-c6cccc(-n7c8c(c9ccccc97)=CC=CCC=8)c6)c5)n4)c3)c2)c2ccccc12. The normalized spacial score (nSPS) is 12.8. The van der Waals surface area contributed by atoms with Crippen LogP contribution in [0.1, 0.15) is 19.8 Å². The summed E-state index contributed by atoms with van der Waals surface area (Å²) < 4.78 is 4.79. The summed E-state index contributed by atoms with van der Waals surface area (Å²) in [4.78, 5) is 5.43. The van der Waals surface area contributed by atoms with E-state index in [2.05, 4.69) is 247 Å². The summed E-state index contributed by atoms with van der Waals surface area (Å²) in [5, 5.41) is 7.36. The first-order valence-corrected chi connectivity index (χ1v) is 22.5. The van der Waals surface area contributed by atoms with Crippen LogP contribution in [0.25, 0.3) is 113 Å². The Morgan fingerprint density at radius 3 is 1.71 bits per heavy atom. The highest BCUT2D eigenvalue weighted by molar-refractivity contribution is 5.87. The minimum Gasteiger partial charge on any atom is -0.310 e. The van der Waals surface area contributed by atoms with E-state index in [1.807, 2.05) is 6.08 Å². The van der Waals surface area contributed by atoms with E-state index in [1.54, 1.807) is 0 Å². The number of hydrogen-bond acceptors (Lipinski definition) is 1. The van der Waals surface area contributed by atoms with E-state index in [-0.39, 0.29) is 0 Å². The van der Waals surface area contributed by atoms with Crippen molar-refractivity contribution >= 4 is 46.1 Å². The van der Waals surface area contributed by atoms with Crippen molar-refractivity contribution in [2.24, 2.45) is 0 Å². The summed E-state index contributed by atoms with van der Waals surface area (Å²) in [6.07, 6.45) is 17.1. The Kier molecular flexibility index (Phi) is 10.4. The summed E-state index contributed by atoms with van der Waals surface area (Å²) >= 11 is 0. The maximum absolute atomic E-state index is 5.43. The first-order valence-electron chi connectivity index (χ1n) is 22.5. The molecule has 0 aliphatic heterocycles. The third-order valence-corrected chi connectivity index (χ3v) is 12.6. The number of aromatic nitrogens is 3. The quantitative estimate of drug-likeness (QED) is 0.142. The molecule has 1 aliphatic carbocycles. The third-order valence-electron chi connectivity index (χ3n) is 12.6. The molecule has 0 saturated carbocycles.